The highest BCUT2D eigenvalue weighted by molar-refractivity contribution is 5.79. The van der Waals surface area contributed by atoms with E-state index in [2.05, 4.69) is 46.2 Å². The molecule has 0 saturated heterocycles. The van der Waals surface area contributed by atoms with Gasteiger partial charge in [0.1, 0.15) is 5.82 Å². The monoisotopic (exact) mass is 385 g/mol. The maximum Gasteiger partial charge on any atom is 0.191 e. The molecule has 0 aliphatic carbocycles. The van der Waals surface area contributed by atoms with Crippen LogP contribution in [-0.4, -0.2) is 41.8 Å². The summed E-state index contributed by atoms with van der Waals surface area (Å²) in [4.78, 5) is 8.96. The van der Waals surface area contributed by atoms with Gasteiger partial charge in [-0.3, -0.25) is 4.99 Å². The Kier molecular flexibility index (Phi) is 10.1. The Labute approximate surface area is 169 Å². The van der Waals surface area contributed by atoms with Gasteiger partial charge in [0.2, 0.25) is 0 Å². The van der Waals surface area contributed by atoms with Gasteiger partial charge in [0.15, 0.2) is 5.96 Å². The fourth-order valence-electron chi connectivity index (χ4n) is 2.85. The first kappa shape index (κ1) is 22.0. The van der Waals surface area contributed by atoms with E-state index in [-0.39, 0.29) is 0 Å². The fourth-order valence-corrected chi connectivity index (χ4v) is 2.85. The predicted octanol–water partition coefficient (Wildman–Crippen LogP) is 3.38. The molecule has 1 aromatic carbocycles. The van der Waals surface area contributed by atoms with Gasteiger partial charge in [0.25, 0.3) is 0 Å². The van der Waals surface area contributed by atoms with Crippen LogP contribution in [0, 0.1) is 12.8 Å². The number of nitrogens with one attached hydrogen (secondary N) is 2. The van der Waals surface area contributed by atoms with E-state index < -0.39 is 0 Å². The molecule has 1 unspecified atom stereocenters. The molecule has 2 rings (SSSR count). The van der Waals surface area contributed by atoms with Gasteiger partial charge in [0.05, 0.1) is 13.2 Å². The maximum absolute atomic E-state index is 5.81. The molecule has 0 amide bonds. The van der Waals surface area contributed by atoms with E-state index in [1.165, 1.54) is 5.56 Å². The van der Waals surface area contributed by atoms with Gasteiger partial charge in [-0.15, -0.1) is 0 Å². The molecule has 1 atom stereocenters. The zero-order valence-electron chi connectivity index (χ0n) is 17.5. The lowest BCUT2D eigenvalue weighted by Crippen LogP contribution is -2.38. The minimum atomic E-state index is 0.378. The number of ether oxygens (including phenoxy) is 1. The van der Waals surface area contributed by atoms with Crippen LogP contribution in [0.15, 0.2) is 47.7 Å². The molecule has 1 aromatic heterocycles. The number of hydrogen-bond donors (Lipinski definition) is 2. The van der Waals surface area contributed by atoms with Gasteiger partial charge < -0.3 is 19.9 Å². The Morgan fingerprint density at radius 1 is 1.21 bits per heavy atom. The van der Waals surface area contributed by atoms with Crippen molar-refractivity contribution >= 4 is 5.96 Å². The number of imidazole rings is 1. The van der Waals surface area contributed by atoms with Crippen molar-refractivity contribution in [2.24, 2.45) is 10.9 Å². The molecule has 6 heteroatoms. The van der Waals surface area contributed by atoms with Crippen LogP contribution in [0.1, 0.15) is 38.1 Å². The van der Waals surface area contributed by atoms with Crippen molar-refractivity contribution in [2.75, 3.05) is 26.2 Å². The van der Waals surface area contributed by atoms with Crippen molar-refractivity contribution < 1.29 is 4.74 Å². The molecule has 0 aliphatic rings. The number of benzene rings is 1. The first-order valence-corrected chi connectivity index (χ1v) is 10.3. The van der Waals surface area contributed by atoms with Crippen molar-refractivity contribution in [3.8, 4) is 0 Å². The van der Waals surface area contributed by atoms with Crippen LogP contribution in [0.25, 0.3) is 0 Å². The van der Waals surface area contributed by atoms with Gasteiger partial charge in [0, 0.05) is 38.6 Å². The molecule has 0 bridgehead atoms. The highest BCUT2D eigenvalue weighted by atomic mass is 16.5. The van der Waals surface area contributed by atoms with Crippen LogP contribution in [0.2, 0.25) is 0 Å². The van der Waals surface area contributed by atoms with Gasteiger partial charge >= 0.3 is 0 Å². The third kappa shape index (κ3) is 8.57. The third-order valence-electron chi connectivity index (χ3n) is 4.46. The number of aryl methyl sites for hydroxylation is 2. The van der Waals surface area contributed by atoms with Crippen LogP contribution in [0.3, 0.4) is 0 Å². The highest BCUT2D eigenvalue weighted by Gasteiger charge is 2.04. The van der Waals surface area contributed by atoms with Crippen LogP contribution in [-0.2, 0) is 17.9 Å². The number of unbranched alkanes of at least 4 members (excludes halogenated alkanes) is 1. The van der Waals surface area contributed by atoms with Crippen molar-refractivity contribution in [2.45, 2.75) is 46.8 Å². The van der Waals surface area contributed by atoms with Gasteiger partial charge in [-0.2, -0.15) is 0 Å². The summed E-state index contributed by atoms with van der Waals surface area (Å²) in [6, 6.07) is 10.3. The minimum absolute atomic E-state index is 0.378. The average Bonchev–Trinajstić information content (AvgIpc) is 3.11. The number of guanidine groups is 1. The largest absolute Gasteiger partial charge is 0.376 e. The topological polar surface area (TPSA) is 63.5 Å². The maximum atomic E-state index is 5.81. The van der Waals surface area contributed by atoms with Crippen LogP contribution >= 0.6 is 0 Å². The Bertz CT molecular complexity index is 683. The smallest absolute Gasteiger partial charge is 0.191 e. The first-order valence-electron chi connectivity index (χ1n) is 10.3. The lowest BCUT2D eigenvalue weighted by molar-refractivity contribution is 0.0945. The quantitative estimate of drug-likeness (QED) is 0.334. The van der Waals surface area contributed by atoms with Crippen LogP contribution < -0.4 is 10.6 Å². The summed E-state index contributed by atoms with van der Waals surface area (Å²) in [6.07, 6.45) is 6.11. The Balaban J connectivity index is 1.62. The van der Waals surface area contributed by atoms with Crippen molar-refractivity contribution in [3.05, 3.63) is 54.1 Å². The summed E-state index contributed by atoms with van der Waals surface area (Å²) < 4.78 is 8.01. The van der Waals surface area contributed by atoms with Crippen molar-refractivity contribution in [1.82, 2.24) is 20.2 Å². The van der Waals surface area contributed by atoms with E-state index in [1.54, 1.807) is 0 Å². The van der Waals surface area contributed by atoms with Crippen molar-refractivity contribution in [1.29, 1.82) is 0 Å². The van der Waals surface area contributed by atoms with E-state index in [1.807, 2.05) is 37.5 Å². The summed E-state index contributed by atoms with van der Waals surface area (Å²) in [5, 5.41) is 6.74. The van der Waals surface area contributed by atoms with Gasteiger partial charge in [-0.05, 0) is 38.2 Å². The number of rotatable bonds is 12. The molecule has 0 radical (unpaired) electrons. The van der Waals surface area contributed by atoms with Crippen LogP contribution in [0.5, 0.6) is 0 Å². The molecule has 0 saturated carbocycles. The lowest BCUT2D eigenvalue weighted by atomic mass is 10.2. The summed E-state index contributed by atoms with van der Waals surface area (Å²) in [6.45, 7) is 11.2. The van der Waals surface area contributed by atoms with Crippen LogP contribution in [0.4, 0.5) is 0 Å². The van der Waals surface area contributed by atoms with E-state index >= 15 is 0 Å². The number of aromatic nitrogens is 2. The summed E-state index contributed by atoms with van der Waals surface area (Å²) >= 11 is 0. The average molecular weight is 386 g/mol. The Morgan fingerprint density at radius 2 is 2.04 bits per heavy atom. The number of hydrogen-bond acceptors (Lipinski definition) is 3. The molecule has 0 aliphatic heterocycles. The molecule has 2 N–H and O–H groups in total. The molecule has 154 valence electrons. The molecule has 0 fully saturated rings. The summed E-state index contributed by atoms with van der Waals surface area (Å²) in [5.74, 6) is 2.34. The molecule has 2 aromatic rings. The van der Waals surface area contributed by atoms with Gasteiger partial charge in [-0.1, -0.05) is 37.3 Å². The molecule has 0 spiro atoms. The van der Waals surface area contributed by atoms with E-state index in [9.17, 15) is 0 Å². The number of nitrogens with zero attached hydrogens (tertiary/aromatic N) is 3. The molecule has 28 heavy (non-hydrogen) atoms. The zero-order valence-corrected chi connectivity index (χ0v) is 17.5. The summed E-state index contributed by atoms with van der Waals surface area (Å²) in [7, 11) is 0. The number of aliphatic imine (C=N–C) groups is 1. The zero-order chi connectivity index (χ0) is 20.0. The molecule has 6 nitrogen and oxygen atoms in total. The second-order valence-electron chi connectivity index (χ2n) is 7.13. The Hall–Kier alpha value is -2.34. The molecular weight excluding hydrogens is 350 g/mol. The second-order valence-corrected chi connectivity index (χ2v) is 7.13. The molecular formula is C22H35N5O. The van der Waals surface area contributed by atoms with Crippen molar-refractivity contribution in [3.63, 3.8) is 0 Å². The van der Waals surface area contributed by atoms with E-state index in [4.69, 9.17) is 9.73 Å². The standard InChI is InChI=1S/C22H35N5O/c1-4-23-22(25-12-8-9-14-27-15-13-24-20(27)3)26-16-19(2)17-28-18-21-10-6-5-7-11-21/h5-7,10-11,13,15,19H,4,8-9,12,14,16-18H2,1-3H3,(H2,23,25,26). The minimum Gasteiger partial charge on any atom is -0.376 e. The van der Waals surface area contributed by atoms with Gasteiger partial charge in [-0.25, -0.2) is 4.98 Å². The van der Waals surface area contributed by atoms with E-state index in [0.29, 0.717) is 19.1 Å². The second kappa shape index (κ2) is 12.9. The normalized spacial score (nSPS) is 12.8. The third-order valence-corrected chi connectivity index (χ3v) is 4.46. The molecule has 1 heterocycles. The predicted molar refractivity (Wildman–Crippen MR) is 115 cm³/mol. The highest BCUT2D eigenvalue weighted by Crippen LogP contribution is 2.04. The Morgan fingerprint density at radius 3 is 2.75 bits per heavy atom. The fraction of sp³-hybridized carbons (Fsp3) is 0.545. The first-order chi connectivity index (χ1) is 13.7. The lowest BCUT2D eigenvalue weighted by Gasteiger charge is -2.14. The summed E-state index contributed by atoms with van der Waals surface area (Å²) in [5.41, 5.74) is 1.21. The van der Waals surface area contributed by atoms with E-state index in [0.717, 1.165) is 50.8 Å². The SMILES string of the molecule is CCNC(=NCC(C)COCc1ccccc1)NCCCCn1ccnc1C.